The molecule has 1 heterocycles. The van der Waals surface area contributed by atoms with E-state index in [9.17, 15) is 13.2 Å². The van der Waals surface area contributed by atoms with Gasteiger partial charge in [0.05, 0.1) is 21.8 Å². The second-order valence-electron chi connectivity index (χ2n) is 3.91. The van der Waals surface area contributed by atoms with Gasteiger partial charge in [-0.25, -0.2) is 18.5 Å². The molecule has 0 radical (unpaired) electrons. The number of nitrogens with two attached hydrogens (primary N) is 1. The first-order valence-electron chi connectivity index (χ1n) is 5.33. The van der Waals surface area contributed by atoms with E-state index < -0.39 is 10.0 Å². The van der Waals surface area contributed by atoms with Crippen LogP contribution in [0.1, 0.15) is 15.4 Å². The Hall–Kier alpha value is -1.29. The van der Waals surface area contributed by atoms with E-state index in [-0.39, 0.29) is 10.8 Å². The number of nitrogens with one attached hydrogen (secondary N) is 1. The summed E-state index contributed by atoms with van der Waals surface area (Å²) in [5, 5.41) is 7.71. The average Bonchev–Trinajstić information content (AvgIpc) is 2.76. The van der Waals surface area contributed by atoms with Gasteiger partial charge in [0.25, 0.3) is 5.91 Å². The van der Waals surface area contributed by atoms with Crippen LogP contribution in [0.15, 0.2) is 33.1 Å². The number of benzene rings is 1. The number of aromatic nitrogens is 1. The maximum atomic E-state index is 12.0. The van der Waals surface area contributed by atoms with Gasteiger partial charge in [0.15, 0.2) is 0 Å². The Bertz CT molecular complexity index is 771. The number of rotatable bonds is 3. The predicted octanol–water partition coefficient (Wildman–Crippen LogP) is 2.11. The fourth-order valence-electron chi connectivity index (χ4n) is 1.47. The van der Waals surface area contributed by atoms with Crippen LogP contribution < -0.4 is 10.5 Å². The number of amides is 1. The van der Waals surface area contributed by atoms with Crippen LogP contribution in [0.2, 0.25) is 0 Å². The zero-order valence-electron chi connectivity index (χ0n) is 10.3. The normalized spacial score (nSPS) is 11.3. The van der Waals surface area contributed by atoms with E-state index in [1.54, 1.807) is 12.4 Å². The van der Waals surface area contributed by atoms with Crippen LogP contribution in [-0.2, 0) is 10.0 Å². The summed E-state index contributed by atoms with van der Waals surface area (Å²) in [5.74, 6) is -0.297. The molecule has 20 heavy (non-hydrogen) atoms. The van der Waals surface area contributed by atoms with Crippen LogP contribution in [-0.4, -0.2) is 19.3 Å². The second kappa shape index (κ2) is 5.60. The topological polar surface area (TPSA) is 102 Å². The number of sulfonamides is 1. The molecule has 2 aromatic rings. The SMILES string of the molecule is Cc1ncsc1C(=O)Nc1ccc(S(N)(=O)=O)cc1Br. The Morgan fingerprint density at radius 3 is 2.65 bits per heavy atom. The number of hydrogen-bond donors (Lipinski definition) is 2. The van der Waals surface area contributed by atoms with Gasteiger partial charge < -0.3 is 5.32 Å². The molecule has 1 aromatic carbocycles. The summed E-state index contributed by atoms with van der Waals surface area (Å²) in [4.78, 5) is 16.5. The van der Waals surface area contributed by atoms with Gasteiger partial charge in [-0.2, -0.15) is 0 Å². The number of carbonyl (C=O) groups excluding carboxylic acids is 1. The molecule has 0 aliphatic heterocycles. The number of hydrogen-bond acceptors (Lipinski definition) is 5. The maximum Gasteiger partial charge on any atom is 0.267 e. The summed E-state index contributed by atoms with van der Waals surface area (Å²) >= 11 is 4.44. The number of carbonyl (C=O) groups is 1. The molecule has 0 spiro atoms. The second-order valence-corrected chi connectivity index (χ2v) is 7.18. The molecule has 1 aromatic heterocycles. The lowest BCUT2D eigenvalue weighted by molar-refractivity contribution is 0.102. The molecular formula is C11H10BrN3O3S2. The van der Waals surface area contributed by atoms with Crippen LogP contribution in [0, 0.1) is 6.92 Å². The molecule has 1 amide bonds. The van der Waals surface area contributed by atoms with E-state index >= 15 is 0 Å². The average molecular weight is 376 g/mol. The van der Waals surface area contributed by atoms with Gasteiger partial charge in [-0.1, -0.05) is 0 Å². The summed E-state index contributed by atoms with van der Waals surface area (Å²) in [6.07, 6.45) is 0. The van der Waals surface area contributed by atoms with Gasteiger partial charge in [-0.3, -0.25) is 4.79 Å². The minimum atomic E-state index is -3.77. The first-order valence-corrected chi connectivity index (χ1v) is 8.54. The Morgan fingerprint density at radius 2 is 2.15 bits per heavy atom. The van der Waals surface area contributed by atoms with Crippen molar-refractivity contribution in [3.8, 4) is 0 Å². The Morgan fingerprint density at radius 1 is 1.45 bits per heavy atom. The Labute approximate surface area is 128 Å². The zero-order chi connectivity index (χ0) is 14.9. The molecule has 9 heteroatoms. The maximum absolute atomic E-state index is 12.0. The molecule has 0 bridgehead atoms. The molecule has 0 unspecified atom stereocenters. The summed E-state index contributed by atoms with van der Waals surface area (Å²) in [7, 11) is -3.77. The Balaban J connectivity index is 2.27. The van der Waals surface area contributed by atoms with Crippen molar-refractivity contribution in [2.75, 3.05) is 5.32 Å². The van der Waals surface area contributed by atoms with Crippen molar-refractivity contribution in [2.24, 2.45) is 5.14 Å². The van der Waals surface area contributed by atoms with E-state index in [4.69, 9.17) is 5.14 Å². The molecule has 0 saturated heterocycles. The summed E-state index contributed by atoms with van der Waals surface area (Å²) < 4.78 is 22.9. The third kappa shape index (κ3) is 3.23. The van der Waals surface area contributed by atoms with Crippen molar-refractivity contribution in [1.82, 2.24) is 4.98 Å². The van der Waals surface area contributed by atoms with Crippen LogP contribution in [0.25, 0.3) is 0 Å². The summed E-state index contributed by atoms with van der Waals surface area (Å²) in [5.41, 5.74) is 2.68. The number of nitrogens with zero attached hydrogens (tertiary/aromatic N) is 1. The highest BCUT2D eigenvalue weighted by Crippen LogP contribution is 2.26. The minimum Gasteiger partial charge on any atom is -0.320 e. The monoisotopic (exact) mass is 375 g/mol. The third-order valence-corrected chi connectivity index (χ3v) is 4.96. The molecule has 0 fully saturated rings. The molecule has 0 aliphatic carbocycles. The quantitative estimate of drug-likeness (QED) is 0.857. The third-order valence-electron chi connectivity index (χ3n) is 2.47. The van der Waals surface area contributed by atoms with E-state index in [1.165, 1.54) is 29.5 Å². The lowest BCUT2D eigenvalue weighted by Crippen LogP contribution is -2.14. The predicted molar refractivity (Wildman–Crippen MR) is 80.3 cm³/mol. The first kappa shape index (κ1) is 15.1. The standard InChI is InChI=1S/C11H10BrN3O3S2/c1-6-10(19-5-14-6)11(16)15-9-3-2-7(4-8(9)12)20(13,17)18/h2-5H,1H3,(H,15,16)(H2,13,17,18). The molecular weight excluding hydrogens is 366 g/mol. The number of aryl methyl sites for hydroxylation is 1. The van der Waals surface area contributed by atoms with Gasteiger partial charge in [-0.15, -0.1) is 11.3 Å². The van der Waals surface area contributed by atoms with E-state index in [0.29, 0.717) is 20.7 Å². The number of primary sulfonamides is 1. The highest BCUT2D eigenvalue weighted by molar-refractivity contribution is 9.10. The van der Waals surface area contributed by atoms with E-state index in [0.717, 1.165) is 0 Å². The lowest BCUT2D eigenvalue weighted by Gasteiger charge is -2.08. The minimum absolute atomic E-state index is 0.0312. The number of thiazole rings is 1. The highest BCUT2D eigenvalue weighted by atomic mass is 79.9. The smallest absolute Gasteiger partial charge is 0.267 e. The molecule has 6 nitrogen and oxygen atoms in total. The van der Waals surface area contributed by atoms with Crippen LogP contribution in [0.5, 0.6) is 0 Å². The molecule has 0 saturated carbocycles. The van der Waals surface area contributed by atoms with Gasteiger partial charge in [-0.05, 0) is 41.1 Å². The molecule has 106 valence electrons. The first-order chi connectivity index (χ1) is 9.29. The fourth-order valence-corrected chi connectivity index (χ4v) is 3.34. The van der Waals surface area contributed by atoms with Gasteiger partial charge in [0.2, 0.25) is 10.0 Å². The van der Waals surface area contributed by atoms with Gasteiger partial charge in [0, 0.05) is 4.47 Å². The number of anilines is 1. The summed E-state index contributed by atoms with van der Waals surface area (Å²) in [6.45, 7) is 1.74. The van der Waals surface area contributed by atoms with Gasteiger partial charge >= 0.3 is 0 Å². The van der Waals surface area contributed by atoms with E-state index in [2.05, 4.69) is 26.2 Å². The molecule has 2 rings (SSSR count). The summed E-state index contributed by atoms with van der Waals surface area (Å²) in [6, 6.07) is 4.14. The highest BCUT2D eigenvalue weighted by Gasteiger charge is 2.15. The van der Waals surface area contributed by atoms with Crippen molar-refractivity contribution < 1.29 is 13.2 Å². The van der Waals surface area contributed by atoms with E-state index in [1.807, 2.05) is 0 Å². The number of halogens is 1. The van der Waals surface area contributed by atoms with Crippen molar-refractivity contribution in [2.45, 2.75) is 11.8 Å². The van der Waals surface area contributed by atoms with Crippen LogP contribution in [0.3, 0.4) is 0 Å². The lowest BCUT2D eigenvalue weighted by atomic mass is 10.3. The molecule has 0 aliphatic rings. The van der Waals surface area contributed by atoms with Crippen LogP contribution in [0.4, 0.5) is 5.69 Å². The van der Waals surface area contributed by atoms with Crippen molar-refractivity contribution in [3.63, 3.8) is 0 Å². The van der Waals surface area contributed by atoms with Gasteiger partial charge in [0.1, 0.15) is 4.88 Å². The molecule has 3 N–H and O–H groups in total. The zero-order valence-corrected chi connectivity index (χ0v) is 13.5. The van der Waals surface area contributed by atoms with Crippen molar-refractivity contribution >= 4 is 48.9 Å². The van der Waals surface area contributed by atoms with Crippen molar-refractivity contribution in [1.29, 1.82) is 0 Å². The molecule has 0 atom stereocenters. The van der Waals surface area contributed by atoms with Crippen molar-refractivity contribution in [3.05, 3.63) is 38.8 Å². The fraction of sp³-hybridized carbons (Fsp3) is 0.0909. The van der Waals surface area contributed by atoms with Crippen LogP contribution >= 0.6 is 27.3 Å². The Kier molecular flexibility index (Phi) is 4.23. The largest absolute Gasteiger partial charge is 0.320 e.